The van der Waals surface area contributed by atoms with Gasteiger partial charge in [0.1, 0.15) is 17.9 Å². The molecule has 0 N–H and O–H groups in total. The number of methoxy groups -OCH3 is 3. The van der Waals surface area contributed by atoms with Crippen LogP contribution in [0.25, 0.3) is 16.9 Å². The zero-order valence-electron chi connectivity index (χ0n) is 19.9. The van der Waals surface area contributed by atoms with Crippen molar-refractivity contribution in [1.29, 1.82) is 0 Å². The van der Waals surface area contributed by atoms with Gasteiger partial charge in [0.25, 0.3) is 0 Å². The van der Waals surface area contributed by atoms with Gasteiger partial charge in [-0.3, -0.25) is 0 Å². The van der Waals surface area contributed by atoms with Gasteiger partial charge in [0.2, 0.25) is 0 Å². The van der Waals surface area contributed by atoms with E-state index in [1.54, 1.807) is 48.5 Å². The van der Waals surface area contributed by atoms with Gasteiger partial charge < -0.3 is 18.9 Å². The molecule has 0 atom stereocenters. The third kappa shape index (κ3) is 4.89. The highest BCUT2D eigenvalue weighted by molar-refractivity contribution is 6.31. The maximum atomic E-state index is 12.9. The molecule has 0 saturated heterocycles. The molecule has 4 aromatic rings. The van der Waals surface area contributed by atoms with E-state index in [9.17, 15) is 9.59 Å². The minimum atomic E-state index is -0.732. The Morgan fingerprint density at radius 3 is 2.22 bits per heavy atom. The maximum absolute atomic E-state index is 12.9. The van der Waals surface area contributed by atoms with E-state index < -0.39 is 11.9 Å². The number of halogens is 1. The second kappa shape index (κ2) is 11.0. The fourth-order valence-electron chi connectivity index (χ4n) is 3.66. The molecule has 184 valence electrons. The number of nitrogens with zero attached hydrogens (tertiary/aromatic N) is 2. The lowest BCUT2D eigenvalue weighted by Gasteiger charge is -2.13. The molecule has 1 heterocycles. The van der Waals surface area contributed by atoms with E-state index >= 15 is 0 Å². The highest BCUT2D eigenvalue weighted by atomic mass is 35.5. The molecule has 0 saturated carbocycles. The molecular weight excluding hydrogens is 484 g/mol. The van der Waals surface area contributed by atoms with Gasteiger partial charge in [0, 0.05) is 16.1 Å². The highest BCUT2D eigenvalue weighted by Gasteiger charge is 2.31. The molecular formula is C27H23ClN2O6. The Morgan fingerprint density at radius 1 is 0.861 bits per heavy atom. The number of benzene rings is 3. The average molecular weight is 507 g/mol. The lowest BCUT2D eigenvalue weighted by molar-refractivity contribution is 0.0549. The van der Waals surface area contributed by atoms with Crippen LogP contribution in [0.15, 0.2) is 72.8 Å². The van der Waals surface area contributed by atoms with Gasteiger partial charge in [-0.2, -0.15) is 5.10 Å². The summed E-state index contributed by atoms with van der Waals surface area (Å²) in [4.78, 5) is 25.6. The molecule has 0 fully saturated rings. The van der Waals surface area contributed by atoms with E-state index in [1.807, 2.05) is 24.3 Å². The average Bonchev–Trinajstić information content (AvgIpc) is 3.33. The number of hydrogen-bond acceptors (Lipinski definition) is 7. The van der Waals surface area contributed by atoms with Crippen molar-refractivity contribution in [1.82, 2.24) is 9.78 Å². The third-order valence-electron chi connectivity index (χ3n) is 5.43. The standard InChI is InChI=1S/C27H23ClN2O6/c1-33-22-15-17(13-14-21(22)36-16-18-9-7-8-12-20(18)28)24-23(26(31)34-2)25(27(32)35-3)30(29-24)19-10-5-4-6-11-19/h4-15H,16H2,1-3H3. The van der Waals surface area contributed by atoms with Crippen LogP contribution >= 0.6 is 11.6 Å². The number of rotatable bonds is 8. The second-order valence-electron chi connectivity index (χ2n) is 7.55. The lowest BCUT2D eigenvalue weighted by Crippen LogP contribution is -2.15. The van der Waals surface area contributed by atoms with Crippen LogP contribution in [0.3, 0.4) is 0 Å². The van der Waals surface area contributed by atoms with Gasteiger partial charge in [0.15, 0.2) is 17.2 Å². The van der Waals surface area contributed by atoms with Crippen LogP contribution in [0.1, 0.15) is 26.4 Å². The van der Waals surface area contributed by atoms with Crippen LogP contribution in [0.2, 0.25) is 5.02 Å². The van der Waals surface area contributed by atoms with Crippen LogP contribution in [0.5, 0.6) is 11.5 Å². The van der Waals surface area contributed by atoms with Crippen LogP contribution < -0.4 is 9.47 Å². The Kier molecular flexibility index (Phi) is 7.56. The zero-order valence-corrected chi connectivity index (χ0v) is 20.6. The summed E-state index contributed by atoms with van der Waals surface area (Å²) in [7, 11) is 3.98. The number of para-hydroxylation sites is 1. The molecule has 0 unspecified atom stereocenters. The summed E-state index contributed by atoms with van der Waals surface area (Å²) in [6.45, 7) is 0.234. The predicted octanol–water partition coefficient (Wildman–Crippen LogP) is 5.35. The number of esters is 2. The van der Waals surface area contributed by atoms with Crippen LogP contribution in [0, 0.1) is 0 Å². The third-order valence-corrected chi connectivity index (χ3v) is 5.80. The molecule has 3 aromatic carbocycles. The molecule has 0 amide bonds. The summed E-state index contributed by atoms with van der Waals surface area (Å²) in [5, 5.41) is 5.20. The first-order valence-electron chi connectivity index (χ1n) is 10.9. The first-order valence-corrected chi connectivity index (χ1v) is 11.3. The van der Waals surface area contributed by atoms with Crippen molar-refractivity contribution < 1.29 is 28.5 Å². The van der Waals surface area contributed by atoms with Gasteiger partial charge in [-0.15, -0.1) is 0 Å². The van der Waals surface area contributed by atoms with Crippen molar-refractivity contribution in [3.8, 4) is 28.4 Å². The monoisotopic (exact) mass is 506 g/mol. The largest absolute Gasteiger partial charge is 0.493 e. The van der Waals surface area contributed by atoms with Crippen molar-refractivity contribution >= 4 is 23.5 Å². The smallest absolute Gasteiger partial charge is 0.357 e. The number of carbonyl (C=O) groups is 2. The zero-order chi connectivity index (χ0) is 25.7. The van der Waals surface area contributed by atoms with E-state index in [0.29, 0.717) is 27.8 Å². The SMILES string of the molecule is COC(=O)c1c(-c2ccc(OCc3ccccc3Cl)c(OC)c2)nn(-c2ccccc2)c1C(=O)OC. The van der Waals surface area contributed by atoms with Crippen molar-refractivity contribution in [2.45, 2.75) is 6.61 Å². The van der Waals surface area contributed by atoms with E-state index in [2.05, 4.69) is 5.10 Å². The normalized spacial score (nSPS) is 10.6. The number of carbonyl (C=O) groups excluding carboxylic acids is 2. The van der Waals surface area contributed by atoms with E-state index in [1.165, 1.54) is 26.0 Å². The summed E-state index contributed by atoms with van der Waals surface area (Å²) in [6, 6.07) is 21.4. The predicted molar refractivity (Wildman–Crippen MR) is 134 cm³/mol. The molecule has 8 nitrogen and oxygen atoms in total. The quantitative estimate of drug-likeness (QED) is 0.297. The maximum Gasteiger partial charge on any atom is 0.357 e. The van der Waals surface area contributed by atoms with Gasteiger partial charge in [-0.05, 0) is 36.4 Å². The Hall–Kier alpha value is -4.30. The van der Waals surface area contributed by atoms with E-state index in [-0.39, 0.29) is 23.6 Å². The van der Waals surface area contributed by atoms with Gasteiger partial charge in [0.05, 0.1) is 27.0 Å². The molecule has 0 aliphatic heterocycles. The molecule has 4 rings (SSSR count). The Balaban J connectivity index is 1.81. The van der Waals surface area contributed by atoms with Crippen molar-refractivity contribution in [2.24, 2.45) is 0 Å². The Morgan fingerprint density at radius 2 is 1.56 bits per heavy atom. The molecule has 0 aliphatic carbocycles. The topological polar surface area (TPSA) is 88.9 Å². The van der Waals surface area contributed by atoms with E-state index in [4.69, 9.17) is 30.5 Å². The highest BCUT2D eigenvalue weighted by Crippen LogP contribution is 2.36. The van der Waals surface area contributed by atoms with Crippen LogP contribution in [0.4, 0.5) is 0 Å². The molecule has 0 aliphatic rings. The number of hydrogen-bond donors (Lipinski definition) is 0. The van der Waals surface area contributed by atoms with Gasteiger partial charge in [-0.25, -0.2) is 14.3 Å². The van der Waals surface area contributed by atoms with Gasteiger partial charge in [-0.1, -0.05) is 48.0 Å². The molecule has 1 aromatic heterocycles. The fraction of sp³-hybridized carbons (Fsp3) is 0.148. The number of ether oxygens (including phenoxy) is 4. The summed E-state index contributed by atoms with van der Waals surface area (Å²) in [5.74, 6) is -0.587. The van der Waals surface area contributed by atoms with Crippen LogP contribution in [-0.2, 0) is 16.1 Å². The molecule has 0 bridgehead atoms. The lowest BCUT2D eigenvalue weighted by atomic mass is 10.0. The number of aromatic nitrogens is 2. The van der Waals surface area contributed by atoms with Crippen molar-refractivity contribution in [2.75, 3.05) is 21.3 Å². The summed E-state index contributed by atoms with van der Waals surface area (Å²) in [6.07, 6.45) is 0. The van der Waals surface area contributed by atoms with Gasteiger partial charge >= 0.3 is 11.9 Å². The summed E-state index contributed by atoms with van der Waals surface area (Å²) < 4.78 is 22.8. The second-order valence-corrected chi connectivity index (χ2v) is 7.96. The molecule has 0 radical (unpaired) electrons. The first kappa shape index (κ1) is 24.8. The molecule has 0 spiro atoms. The Labute approximate surface area is 212 Å². The minimum absolute atomic E-state index is 0.0278. The Bertz CT molecular complexity index is 1400. The minimum Gasteiger partial charge on any atom is -0.493 e. The molecule has 9 heteroatoms. The van der Waals surface area contributed by atoms with Crippen molar-refractivity contribution in [3.63, 3.8) is 0 Å². The van der Waals surface area contributed by atoms with Crippen molar-refractivity contribution in [3.05, 3.63) is 94.6 Å². The summed E-state index contributed by atoms with van der Waals surface area (Å²) >= 11 is 6.23. The van der Waals surface area contributed by atoms with E-state index in [0.717, 1.165) is 5.56 Å². The summed E-state index contributed by atoms with van der Waals surface area (Å²) in [5.41, 5.74) is 2.05. The fourth-order valence-corrected chi connectivity index (χ4v) is 3.85. The molecule has 36 heavy (non-hydrogen) atoms. The first-order chi connectivity index (χ1) is 17.5. The van der Waals surface area contributed by atoms with Crippen LogP contribution in [-0.4, -0.2) is 43.0 Å².